The van der Waals surface area contributed by atoms with E-state index < -0.39 is 0 Å². The van der Waals surface area contributed by atoms with Gasteiger partial charge in [0.1, 0.15) is 5.75 Å². The molecule has 0 bridgehead atoms. The summed E-state index contributed by atoms with van der Waals surface area (Å²) in [6.07, 6.45) is 1.60. The first kappa shape index (κ1) is 9.86. The van der Waals surface area contributed by atoms with Crippen molar-refractivity contribution < 1.29 is 4.74 Å². The molecule has 0 unspecified atom stereocenters. The third-order valence-electron chi connectivity index (χ3n) is 2.06. The standard InChI is InChI=1S/C10H9ClN2O2/c1-15-9-3-2-6(4-7(9)11)8-5-12-10(14)13-8/h2-5H,1H3,(H2,12,13,14). The van der Waals surface area contributed by atoms with Crippen LogP contribution in [-0.2, 0) is 0 Å². The van der Waals surface area contributed by atoms with E-state index in [1.54, 1.807) is 25.4 Å². The van der Waals surface area contributed by atoms with Crippen molar-refractivity contribution in [2.75, 3.05) is 7.11 Å². The fraction of sp³-hybridized carbons (Fsp3) is 0.100. The lowest BCUT2D eigenvalue weighted by Crippen LogP contribution is -1.99. The highest BCUT2D eigenvalue weighted by molar-refractivity contribution is 6.32. The maximum Gasteiger partial charge on any atom is 0.323 e. The SMILES string of the molecule is COc1ccc(-c2c[nH]c(=O)[nH]2)cc1Cl. The second kappa shape index (κ2) is 3.82. The lowest BCUT2D eigenvalue weighted by atomic mass is 10.1. The Labute approximate surface area is 90.9 Å². The lowest BCUT2D eigenvalue weighted by Gasteiger charge is -2.04. The van der Waals surface area contributed by atoms with E-state index in [1.165, 1.54) is 0 Å². The summed E-state index contributed by atoms with van der Waals surface area (Å²) in [7, 11) is 1.55. The van der Waals surface area contributed by atoms with E-state index in [2.05, 4.69) is 9.97 Å². The van der Waals surface area contributed by atoms with Crippen molar-refractivity contribution >= 4 is 11.6 Å². The minimum absolute atomic E-state index is 0.239. The van der Waals surface area contributed by atoms with Crippen molar-refractivity contribution in [3.05, 3.63) is 39.9 Å². The first-order valence-corrected chi connectivity index (χ1v) is 4.70. The number of ether oxygens (including phenoxy) is 1. The predicted octanol–water partition coefficient (Wildman–Crippen LogP) is 2.03. The molecular formula is C10H9ClN2O2. The summed E-state index contributed by atoms with van der Waals surface area (Å²) >= 11 is 5.96. The van der Waals surface area contributed by atoms with Gasteiger partial charge in [-0.3, -0.25) is 0 Å². The lowest BCUT2D eigenvalue weighted by molar-refractivity contribution is 0.415. The van der Waals surface area contributed by atoms with Gasteiger partial charge in [0.05, 0.1) is 17.8 Å². The van der Waals surface area contributed by atoms with E-state index in [0.29, 0.717) is 16.5 Å². The number of nitrogens with one attached hydrogen (secondary N) is 2. The molecule has 15 heavy (non-hydrogen) atoms. The second-order valence-electron chi connectivity index (χ2n) is 3.01. The van der Waals surface area contributed by atoms with Gasteiger partial charge in [-0.05, 0) is 18.2 Å². The number of aromatic amines is 2. The smallest absolute Gasteiger partial charge is 0.323 e. The van der Waals surface area contributed by atoms with Crippen LogP contribution in [0.3, 0.4) is 0 Å². The zero-order valence-electron chi connectivity index (χ0n) is 8.00. The van der Waals surface area contributed by atoms with Crippen LogP contribution < -0.4 is 10.4 Å². The van der Waals surface area contributed by atoms with Crippen LogP contribution in [0.25, 0.3) is 11.3 Å². The number of rotatable bonds is 2. The van der Waals surface area contributed by atoms with Crippen molar-refractivity contribution in [3.63, 3.8) is 0 Å². The third-order valence-corrected chi connectivity index (χ3v) is 2.35. The quantitative estimate of drug-likeness (QED) is 0.820. The number of hydrogen-bond acceptors (Lipinski definition) is 2. The molecule has 0 spiro atoms. The summed E-state index contributed by atoms with van der Waals surface area (Å²) in [5.41, 5.74) is 1.29. The molecule has 0 radical (unpaired) electrons. The highest BCUT2D eigenvalue weighted by Crippen LogP contribution is 2.28. The van der Waals surface area contributed by atoms with Crippen molar-refractivity contribution in [1.29, 1.82) is 0 Å². The van der Waals surface area contributed by atoms with Gasteiger partial charge in [0.25, 0.3) is 0 Å². The molecule has 0 saturated carbocycles. The van der Waals surface area contributed by atoms with E-state index in [4.69, 9.17) is 16.3 Å². The van der Waals surface area contributed by atoms with Crippen LogP contribution in [0.15, 0.2) is 29.2 Å². The van der Waals surface area contributed by atoms with Crippen molar-refractivity contribution in [2.45, 2.75) is 0 Å². The number of H-pyrrole nitrogens is 2. The number of imidazole rings is 1. The van der Waals surface area contributed by atoms with Gasteiger partial charge in [-0.2, -0.15) is 0 Å². The van der Waals surface area contributed by atoms with Crippen molar-refractivity contribution in [3.8, 4) is 17.0 Å². The predicted molar refractivity (Wildman–Crippen MR) is 58.4 cm³/mol. The van der Waals surface area contributed by atoms with Crippen molar-refractivity contribution in [2.24, 2.45) is 0 Å². The van der Waals surface area contributed by atoms with Crippen LogP contribution in [0.4, 0.5) is 0 Å². The molecule has 0 fully saturated rings. The van der Waals surface area contributed by atoms with Gasteiger partial charge >= 0.3 is 5.69 Å². The highest BCUT2D eigenvalue weighted by atomic mass is 35.5. The van der Waals surface area contributed by atoms with Gasteiger partial charge in [-0.15, -0.1) is 0 Å². The number of methoxy groups -OCH3 is 1. The Kier molecular flexibility index (Phi) is 2.51. The average molecular weight is 225 g/mol. The van der Waals surface area contributed by atoms with Crippen LogP contribution in [0.5, 0.6) is 5.75 Å². The van der Waals surface area contributed by atoms with Gasteiger partial charge in [-0.25, -0.2) is 4.79 Å². The summed E-state index contributed by atoms with van der Waals surface area (Å²) in [5.74, 6) is 0.610. The molecule has 2 rings (SSSR count). The van der Waals surface area contributed by atoms with E-state index >= 15 is 0 Å². The number of hydrogen-bond donors (Lipinski definition) is 2. The van der Waals surface area contributed by atoms with Gasteiger partial charge in [0.15, 0.2) is 0 Å². The zero-order valence-corrected chi connectivity index (χ0v) is 8.76. The maximum absolute atomic E-state index is 10.9. The Morgan fingerprint density at radius 3 is 2.73 bits per heavy atom. The Balaban J connectivity index is 2.46. The second-order valence-corrected chi connectivity index (χ2v) is 3.41. The van der Waals surface area contributed by atoms with E-state index in [0.717, 1.165) is 5.56 Å². The molecule has 4 nitrogen and oxygen atoms in total. The molecule has 0 saturated heterocycles. The molecule has 5 heteroatoms. The topological polar surface area (TPSA) is 57.9 Å². The fourth-order valence-corrected chi connectivity index (χ4v) is 1.58. The first-order chi connectivity index (χ1) is 7.20. The van der Waals surface area contributed by atoms with Crippen LogP contribution in [0.1, 0.15) is 0 Å². The van der Waals surface area contributed by atoms with Gasteiger partial charge in [0.2, 0.25) is 0 Å². The summed E-state index contributed by atoms with van der Waals surface area (Å²) in [6, 6.07) is 5.31. The normalized spacial score (nSPS) is 10.3. The van der Waals surface area contributed by atoms with Crippen molar-refractivity contribution in [1.82, 2.24) is 9.97 Å². The molecule has 0 aliphatic heterocycles. The fourth-order valence-electron chi connectivity index (χ4n) is 1.32. The molecule has 1 aromatic carbocycles. The van der Waals surface area contributed by atoms with Gasteiger partial charge in [0, 0.05) is 11.8 Å². The van der Waals surface area contributed by atoms with Crippen LogP contribution in [0, 0.1) is 0 Å². The Bertz CT molecular complexity index is 530. The van der Waals surface area contributed by atoms with Crippen LogP contribution >= 0.6 is 11.6 Å². The van der Waals surface area contributed by atoms with E-state index in [-0.39, 0.29) is 5.69 Å². The third kappa shape index (κ3) is 1.89. The minimum atomic E-state index is -0.239. The maximum atomic E-state index is 10.9. The van der Waals surface area contributed by atoms with Gasteiger partial charge < -0.3 is 14.7 Å². The summed E-state index contributed by atoms with van der Waals surface area (Å²) in [6.45, 7) is 0. The Morgan fingerprint density at radius 2 is 2.20 bits per heavy atom. The number of aromatic nitrogens is 2. The summed E-state index contributed by atoms with van der Waals surface area (Å²) in [5, 5.41) is 0.511. The zero-order chi connectivity index (χ0) is 10.8. The average Bonchev–Trinajstić information content (AvgIpc) is 2.65. The monoisotopic (exact) mass is 224 g/mol. The molecule has 0 amide bonds. The Morgan fingerprint density at radius 1 is 1.40 bits per heavy atom. The van der Waals surface area contributed by atoms with Gasteiger partial charge in [-0.1, -0.05) is 11.6 Å². The summed E-state index contributed by atoms with van der Waals surface area (Å²) < 4.78 is 5.03. The highest BCUT2D eigenvalue weighted by Gasteiger charge is 2.04. The molecule has 2 N–H and O–H groups in total. The molecular weight excluding hydrogens is 216 g/mol. The molecule has 0 atom stereocenters. The largest absolute Gasteiger partial charge is 0.495 e. The molecule has 0 aliphatic rings. The molecule has 78 valence electrons. The first-order valence-electron chi connectivity index (χ1n) is 4.32. The molecule has 0 aliphatic carbocycles. The molecule has 1 heterocycles. The molecule has 1 aromatic heterocycles. The van der Waals surface area contributed by atoms with Crippen LogP contribution in [-0.4, -0.2) is 17.1 Å². The van der Waals surface area contributed by atoms with Crippen LogP contribution in [0.2, 0.25) is 5.02 Å². The minimum Gasteiger partial charge on any atom is -0.495 e. The molecule has 2 aromatic rings. The number of benzene rings is 1. The van der Waals surface area contributed by atoms with E-state index in [9.17, 15) is 4.79 Å². The Hall–Kier alpha value is -1.68. The number of halogens is 1. The summed E-state index contributed by atoms with van der Waals surface area (Å²) in [4.78, 5) is 16.1. The van der Waals surface area contributed by atoms with E-state index in [1.807, 2.05) is 6.07 Å².